The van der Waals surface area contributed by atoms with Gasteiger partial charge in [-0.2, -0.15) is 0 Å². The second-order valence-corrected chi connectivity index (χ2v) is 8.32. The van der Waals surface area contributed by atoms with E-state index in [-0.39, 0.29) is 11.7 Å². The van der Waals surface area contributed by atoms with Gasteiger partial charge in [-0.05, 0) is 29.8 Å². The van der Waals surface area contributed by atoms with Crippen molar-refractivity contribution in [2.24, 2.45) is 0 Å². The lowest BCUT2D eigenvalue weighted by atomic mass is 10.2. The Kier molecular flexibility index (Phi) is 5.91. The van der Waals surface area contributed by atoms with Crippen molar-refractivity contribution in [3.8, 4) is 17.1 Å². The fourth-order valence-electron chi connectivity index (χ4n) is 3.56. The van der Waals surface area contributed by atoms with E-state index in [2.05, 4.69) is 15.5 Å². The first kappa shape index (κ1) is 21.0. The maximum atomic E-state index is 12.5. The molecule has 0 fully saturated rings. The van der Waals surface area contributed by atoms with E-state index >= 15 is 0 Å². The Morgan fingerprint density at radius 3 is 2.52 bits per heavy atom. The van der Waals surface area contributed by atoms with Crippen LogP contribution >= 0.6 is 11.8 Å². The van der Waals surface area contributed by atoms with Crippen LogP contribution in [0.2, 0.25) is 0 Å². The summed E-state index contributed by atoms with van der Waals surface area (Å²) in [6.45, 7) is 0.450. The molecule has 8 heteroatoms. The Bertz CT molecular complexity index is 1420. The minimum absolute atomic E-state index is 0.0809. The first-order chi connectivity index (χ1) is 16.2. The van der Waals surface area contributed by atoms with Crippen LogP contribution in [0.5, 0.6) is 5.75 Å². The largest absolute Gasteiger partial charge is 0.497 e. The SMILES string of the molecule is COc1ccc(CNC(=O)CSc2nnc3c4ccccc4nc(-c4ccccc4)n23)cc1. The number of carbonyl (C=O) groups excluding carboxylic acids is 1. The van der Waals surface area contributed by atoms with Crippen molar-refractivity contribution >= 4 is 34.2 Å². The molecule has 33 heavy (non-hydrogen) atoms. The topological polar surface area (TPSA) is 81.4 Å². The molecular formula is C25H21N5O2S. The van der Waals surface area contributed by atoms with Crippen LogP contribution < -0.4 is 10.1 Å². The zero-order valence-corrected chi connectivity index (χ0v) is 18.7. The van der Waals surface area contributed by atoms with E-state index < -0.39 is 0 Å². The molecule has 5 aromatic rings. The summed E-state index contributed by atoms with van der Waals surface area (Å²) in [6, 6.07) is 25.4. The molecule has 0 saturated heterocycles. The van der Waals surface area contributed by atoms with Gasteiger partial charge in [0.15, 0.2) is 10.8 Å². The molecule has 164 valence electrons. The van der Waals surface area contributed by atoms with Crippen molar-refractivity contribution in [1.29, 1.82) is 0 Å². The zero-order chi connectivity index (χ0) is 22.6. The fraction of sp³-hybridized carbons (Fsp3) is 0.120. The maximum Gasteiger partial charge on any atom is 0.230 e. The third-order valence-electron chi connectivity index (χ3n) is 5.23. The Labute approximate surface area is 194 Å². The first-order valence-electron chi connectivity index (χ1n) is 10.4. The van der Waals surface area contributed by atoms with Gasteiger partial charge in [0.2, 0.25) is 5.91 Å². The van der Waals surface area contributed by atoms with E-state index in [9.17, 15) is 4.79 Å². The van der Waals surface area contributed by atoms with E-state index in [0.717, 1.165) is 39.3 Å². The number of amides is 1. The highest BCUT2D eigenvalue weighted by molar-refractivity contribution is 7.99. The Balaban J connectivity index is 1.39. The number of methoxy groups -OCH3 is 1. The van der Waals surface area contributed by atoms with E-state index in [1.807, 2.05) is 83.3 Å². The van der Waals surface area contributed by atoms with Gasteiger partial charge >= 0.3 is 0 Å². The van der Waals surface area contributed by atoms with Crippen molar-refractivity contribution in [1.82, 2.24) is 24.9 Å². The smallest absolute Gasteiger partial charge is 0.230 e. The van der Waals surface area contributed by atoms with E-state index in [4.69, 9.17) is 9.72 Å². The van der Waals surface area contributed by atoms with Crippen molar-refractivity contribution in [3.05, 3.63) is 84.4 Å². The summed E-state index contributed by atoms with van der Waals surface area (Å²) in [5.74, 6) is 1.67. The van der Waals surface area contributed by atoms with Gasteiger partial charge in [-0.15, -0.1) is 10.2 Å². The molecule has 1 amide bonds. The number of benzene rings is 3. The molecule has 5 rings (SSSR count). The molecule has 7 nitrogen and oxygen atoms in total. The van der Waals surface area contributed by atoms with Gasteiger partial charge in [0, 0.05) is 17.5 Å². The number of aromatic nitrogens is 4. The standard InChI is InChI=1S/C25H21N5O2S/c1-32-19-13-11-17(12-14-19)15-26-22(31)16-33-25-29-28-24-20-9-5-6-10-21(20)27-23(30(24)25)18-7-3-2-4-8-18/h2-14H,15-16H2,1H3,(H,26,31). The second-order valence-electron chi connectivity index (χ2n) is 7.37. The van der Waals surface area contributed by atoms with E-state index in [0.29, 0.717) is 11.7 Å². The third kappa shape index (κ3) is 4.38. The molecule has 1 N–H and O–H groups in total. The molecule has 0 radical (unpaired) electrons. The highest BCUT2D eigenvalue weighted by atomic mass is 32.2. The molecule has 0 aliphatic rings. The van der Waals surface area contributed by atoms with Gasteiger partial charge in [0.05, 0.1) is 18.4 Å². The lowest BCUT2D eigenvalue weighted by molar-refractivity contribution is -0.118. The molecule has 0 bridgehead atoms. The number of hydrogen-bond donors (Lipinski definition) is 1. The van der Waals surface area contributed by atoms with Crippen LogP contribution in [0.3, 0.4) is 0 Å². The zero-order valence-electron chi connectivity index (χ0n) is 17.9. The molecule has 0 saturated carbocycles. The second kappa shape index (κ2) is 9.30. The van der Waals surface area contributed by atoms with E-state index in [1.54, 1.807) is 7.11 Å². The average Bonchev–Trinajstić information content (AvgIpc) is 3.31. The normalized spacial score (nSPS) is 11.1. The molecule has 0 aliphatic carbocycles. The molecule has 0 unspecified atom stereocenters. The lowest BCUT2D eigenvalue weighted by Gasteiger charge is -2.10. The van der Waals surface area contributed by atoms with Crippen LogP contribution in [0.4, 0.5) is 0 Å². The van der Waals surface area contributed by atoms with Crippen molar-refractivity contribution in [2.75, 3.05) is 12.9 Å². The summed E-state index contributed by atoms with van der Waals surface area (Å²) >= 11 is 1.34. The summed E-state index contributed by atoms with van der Waals surface area (Å²) in [5, 5.41) is 13.3. The van der Waals surface area contributed by atoms with E-state index in [1.165, 1.54) is 11.8 Å². The number of nitrogens with one attached hydrogen (secondary N) is 1. The van der Waals surface area contributed by atoms with Crippen molar-refractivity contribution < 1.29 is 9.53 Å². The number of hydrogen-bond acceptors (Lipinski definition) is 6. The molecule has 0 atom stereocenters. The van der Waals surface area contributed by atoms with Crippen LogP contribution in [0.25, 0.3) is 27.9 Å². The number of ether oxygens (including phenoxy) is 1. The van der Waals surface area contributed by atoms with Crippen molar-refractivity contribution in [3.63, 3.8) is 0 Å². The predicted octanol–water partition coefficient (Wildman–Crippen LogP) is 4.36. The van der Waals surface area contributed by atoms with Gasteiger partial charge in [-0.25, -0.2) is 4.98 Å². The van der Waals surface area contributed by atoms with Crippen LogP contribution in [-0.4, -0.2) is 38.4 Å². The molecular weight excluding hydrogens is 434 g/mol. The van der Waals surface area contributed by atoms with Crippen LogP contribution in [0, 0.1) is 0 Å². The quantitative estimate of drug-likeness (QED) is 0.367. The van der Waals surface area contributed by atoms with Gasteiger partial charge in [0.1, 0.15) is 11.6 Å². The molecule has 0 aliphatic heterocycles. The molecule has 2 aromatic heterocycles. The number of nitrogens with zero attached hydrogens (tertiary/aromatic N) is 4. The summed E-state index contributed by atoms with van der Waals surface area (Å²) in [6.07, 6.45) is 0. The first-order valence-corrected chi connectivity index (χ1v) is 11.4. The van der Waals surface area contributed by atoms with Crippen LogP contribution in [-0.2, 0) is 11.3 Å². The molecule has 0 spiro atoms. The van der Waals surface area contributed by atoms with Crippen molar-refractivity contribution in [2.45, 2.75) is 11.7 Å². The monoisotopic (exact) mass is 455 g/mol. The molecule has 3 aromatic carbocycles. The van der Waals surface area contributed by atoms with Gasteiger partial charge in [0.25, 0.3) is 0 Å². The number of thioether (sulfide) groups is 1. The number of carbonyl (C=O) groups is 1. The van der Waals surface area contributed by atoms with Gasteiger partial charge < -0.3 is 10.1 Å². The summed E-state index contributed by atoms with van der Waals surface area (Å²) in [5.41, 5.74) is 3.54. The number of rotatable bonds is 7. The summed E-state index contributed by atoms with van der Waals surface area (Å²) in [7, 11) is 1.63. The number of para-hydroxylation sites is 1. The fourth-order valence-corrected chi connectivity index (χ4v) is 4.32. The summed E-state index contributed by atoms with van der Waals surface area (Å²) in [4.78, 5) is 17.4. The molecule has 2 heterocycles. The van der Waals surface area contributed by atoms with Crippen LogP contribution in [0.15, 0.2) is 84.0 Å². The summed E-state index contributed by atoms with van der Waals surface area (Å²) < 4.78 is 7.10. The minimum atomic E-state index is -0.0809. The third-order valence-corrected chi connectivity index (χ3v) is 6.16. The highest BCUT2D eigenvalue weighted by Gasteiger charge is 2.17. The predicted molar refractivity (Wildman–Crippen MR) is 129 cm³/mol. The lowest BCUT2D eigenvalue weighted by Crippen LogP contribution is -2.24. The minimum Gasteiger partial charge on any atom is -0.497 e. The Hall–Kier alpha value is -3.91. The maximum absolute atomic E-state index is 12.5. The number of fused-ring (bicyclic) bond motifs is 3. The Morgan fingerprint density at radius 1 is 0.970 bits per heavy atom. The van der Waals surface area contributed by atoms with Gasteiger partial charge in [-0.1, -0.05) is 66.4 Å². The highest BCUT2D eigenvalue weighted by Crippen LogP contribution is 2.28. The van der Waals surface area contributed by atoms with Crippen LogP contribution in [0.1, 0.15) is 5.56 Å². The Morgan fingerprint density at radius 2 is 1.73 bits per heavy atom. The average molecular weight is 456 g/mol. The van der Waals surface area contributed by atoms with Gasteiger partial charge in [-0.3, -0.25) is 9.20 Å².